The smallest absolute Gasteiger partial charge is 0.341 e. The summed E-state index contributed by atoms with van der Waals surface area (Å²) in [5, 5.41) is 2.82. The molecule has 18 heavy (non-hydrogen) atoms. The van der Waals surface area contributed by atoms with Crippen LogP contribution in [0.25, 0.3) is 0 Å². The monoisotopic (exact) mass is 270 g/mol. The number of nitrogens with one attached hydrogen (secondary N) is 1. The first kappa shape index (κ1) is 14.5. The van der Waals surface area contributed by atoms with Gasteiger partial charge in [0.2, 0.25) is 0 Å². The number of hydrogen-bond acceptors (Lipinski definition) is 5. The first-order valence-electron chi connectivity index (χ1n) is 5.51. The van der Waals surface area contributed by atoms with Crippen LogP contribution in [0.1, 0.15) is 46.4 Å². The van der Waals surface area contributed by atoms with E-state index in [1.54, 1.807) is 27.7 Å². The second-order valence-corrected chi connectivity index (χ2v) is 5.93. The first-order valence-corrected chi connectivity index (χ1v) is 6.33. The van der Waals surface area contributed by atoms with Crippen LogP contribution in [0.3, 0.4) is 0 Å². The number of rotatable bonds is 2. The molecule has 0 bridgehead atoms. The summed E-state index contributed by atoms with van der Waals surface area (Å²) >= 11 is 1.09. The molecule has 1 heterocycles. The Bertz CT molecular complexity index is 486. The van der Waals surface area contributed by atoms with Crippen molar-refractivity contribution in [3.8, 4) is 0 Å². The third-order valence-electron chi connectivity index (χ3n) is 2.21. The van der Waals surface area contributed by atoms with Crippen molar-refractivity contribution < 1.29 is 14.3 Å². The Balaban J connectivity index is 3.15. The molecule has 1 amide bonds. The van der Waals surface area contributed by atoms with E-state index < -0.39 is 11.6 Å². The molecular formula is C12H18N2O3S. The number of thiophene rings is 1. The van der Waals surface area contributed by atoms with E-state index in [4.69, 9.17) is 10.5 Å². The van der Waals surface area contributed by atoms with Crippen LogP contribution in [-0.4, -0.2) is 24.5 Å². The van der Waals surface area contributed by atoms with Crippen molar-refractivity contribution in [2.24, 2.45) is 0 Å². The number of amides is 1. The van der Waals surface area contributed by atoms with Crippen LogP contribution < -0.4 is 11.1 Å². The summed E-state index contributed by atoms with van der Waals surface area (Å²) in [6.07, 6.45) is 0. The number of carbonyl (C=O) groups excluding carboxylic acids is 2. The van der Waals surface area contributed by atoms with E-state index in [9.17, 15) is 9.59 Å². The minimum absolute atomic E-state index is 0.251. The molecule has 5 nitrogen and oxygen atoms in total. The molecule has 0 atom stereocenters. The number of carbonyl (C=O) groups is 2. The average Bonchev–Trinajstić information content (AvgIpc) is 2.50. The van der Waals surface area contributed by atoms with Gasteiger partial charge in [0.1, 0.15) is 10.6 Å². The van der Waals surface area contributed by atoms with E-state index in [-0.39, 0.29) is 11.5 Å². The molecule has 0 saturated carbocycles. The summed E-state index contributed by atoms with van der Waals surface area (Å²) in [6, 6.07) is 0. The van der Waals surface area contributed by atoms with Gasteiger partial charge in [0.15, 0.2) is 0 Å². The quantitative estimate of drug-likeness (QED) is 0.805. The Morgan fingerprint density at radius 3 is 2.33 bits per heavy atom. The highest BCUT2D eigenvalue weighted by Crippen LogP contribution is 2.31. The van der Waals surface area contributed by atoms with Gasteiger partial charge in [-0.1, -0.05) is 0 Å². The van der Waals surface area contributed by atoms with E-state index >= 15 is 0 Å². The lowest BCUT2D eigenvalue weighted by atomic mass is 10.1. The molecule has 1 rings (SSSR count). The number of nitrogen functional groups attached to an aromatic ring is 1. The highest BCUT2D eigenvalue weighted by Gasteiger charge is 2.26. The van der Waals surface area contributed by atoms with Crippen LogP contribution in [0.5, 0.6) is 0 Å². The summed E-state index contributed by atoms with van der Waals surface area (Å²) in [5.74, 6) is -0.747. The second kappa shape index (κ2) is 4.97. The molecule has 1 aromatic rings. The third kappa shape index (κ3) is 3.01. The fourth-order valence-corrected chi connectivity index (χ4v) is 2.46. The van der Waals surface area contributed by atoms with Gasteiger partial charge < -0.3 is 15.8 Å². The number of ether oxygens (including phenoxy) is 1. The zero-order valence-corrected chi connectivity index (χ0v) is 12.0. The molecule has 1 aromatic heterocycles. The summed E-state index contributed by atoms with van der Waals surface area (Å²) in [6.45, 7) is 7.03. The van der Waals surface area contributed by atoms with Crippen LogP contribution in [0.15, 0.2) is 0 Å². The normalized spacial score (nSPS) is 11.2. The molecule has 0 aliphatic heterocycles. The third-order valence-corrected chi connectivity index (χ3v) is 3.33. The topological polar surface area (TPSA) is 81.4 Å². The Labute approximate surface area is 110 Å². The minimum Gasteiger partial charge on any atom is -0.456 e. The predicted octanol–water partition coefficient (Wildman–Crippen LogP) is 1.95. The lowest BCUT2D eigenvalue weighted by Crippen LogP contribution is -2.24. The van der Waals surface area contributed by atoms with E-state index in [2.05, 4.69) is 5.32 Å². The standard InChI is InChI=1S/C12H18N2O3S/c1-6-7(11(16)17-12(2,3)4)9(13)18-8(6)10(15)14-5/h13H2,1-5H3,(H,14,15). The number of nitrogens with two attached hydrogens (primary N) is 1. The van der Waals surface area contributed by atoms with Crippen molar-refractivity contribution in [3.05, 3.63) is 16.0 Å². The maximum absolute atomic E-state index is 12.0. The van der Waals surface area contributed by atoms with Crippen molar-refractivity contribution in [1.82, 2.24) is 5.32 Å². The van der Waals surface area contributed by atoms with Crippen LogP contribution in [0.2, 0.25) is 0 Å². The van der Waals surface area contributed by atoms with E-state index in [0.29, 0.717) is 15.4 Å². The molecule has 0 unspecified atom stereocenters. The van der Waals surface area contributed by atoms with Crippen LogP contribution in [-0.2, 0) is 4.74 Å². The Kier molecular flexibility index (Phi) is 4.01. The number of hydrogen-bond donors (Lipinski definition) is 2. The Morgan fingerprint density at radius 1 is 1.33 bits per heavy atom. The minimum atomic E-state index is -0.592. The summed E-state index contributed by atoms with van der Waals surface area (Å²) in [5.41, 5.74) is 6.05. The van der Waals surface area contributed by atoms with Gasteiger partial charge in [-0.2, -0.15) is 0 Å². The molecule has 3 N–H and O–H groups in total. The first-order chi connectivity index (χ1) is 8.17. The zero-order valence-electron chi connectivity index (χ0n) is 11.2. The van der Waals surface area contributed by atoms with Gasteiger partial charge in [-0.15, -0.1) is 11.3 Å². The van der Waals surface area contributed by atoms with Crippen molar-refractivity contribution in [3.63, 3.8) is 0 Å². The van der Waals surface area contributed by atoms with Gasteiger partial charge in [0, 0.05) is 7.05 Å². The van der Waals surface area contributed by atoms with E-state index in [1.165, 1.54) is 7.05 Å². The molecule has 0 aliphatic rings. The second-order valence-electron chi connectivity index (χ2n) is 4.88. The van der Waals surface area contributed by atoms with Crippen molar-refractivity contribution in [2.45, 2.75) is 33.3 Å². The highest BCUT2D eigenvalue weighted by atomic mass is 32.1. The molecule has 0 aromatic carbocycles. The zero-order chi connectivity index (χ0) is 14.1. The Morgan fingerprint density at radius 2 is 1.89 bits per heavy atom. The highest BCUT2D eigenvalue weighted by molar-refractivity contribution is 7.18. The van der Waals surface area contributed by atoms with E-state index in [1.807, 2.05) is 0 Å². The predicted molar refractivity (Wildman–Crippen MR) is 72.0 cm³/mol. The fraction of sp³-hybridized carbons (Fsp3) is 0.500. The van der Waals surface area contributed by atoms with Crippen LogP contribution in [0, 0.1) is 6.92 Å². The van der Waals surface area contributed by atoms with Crippen molar-refractivity contribution in [1.29, 1.82) is 0 Å². The molecule has 0 radical (unpaired) electrons. The van der Waals surface area contributed by atoms with Gasteiger partial charge in [-0.3, -0.25) is 4.79 Å². The summed E-state index contributed by atoms with van der Waals surface area (Å²) < 4.78 is 5.27. The van der Waals surface area contributed by atoms with Crippen LogP contribution >= 0.6 is 11.3 Å². The van der Waals surface area contributed by atoms with Gasteiger partial charge in [0.05, 0.1) is 10.4 Å². The lowest BCUT2D eigenvalue weighted by molar-refractivity contribution is 0.00706. The molecule has 0 aliphatic carbocycles. The SMILES string of the molecule is CNC(=O)c1sc(N)c(C(=O)OC(C)(C)C)c1C. The summed E-state index contributed by atoms with van der Waals surface area (Å²) in [4.78, 5) is 24.0. The van der Waals surface area contributed by atoms with Crippen LogP contribution in [0.4, 0.5) is 5.00 Å². The Hall–Kier alpha value is -1.56. The van der Waals surface area contributed by atoms with Gasteiger partial charge >= 0.3 is 5.97 Å². The molecule has 0 fully saturated rings. The van der Waals surface area contributed by atoms with Crippen molar-refractivity contribution in [2.75, 3.05) is 12.8 Å². The van der Waals surface area contributed by atoms with Gasteiger partial charge in [-0.05, 0) is 33.3 Å². The molecule has 0 spiro atoms. The lowest BCUT2D eigenvalue weighted by Gasteiger charge is -2.19. The molecule has 6 heteroatoms. The van der Waals surface area contributed by atoms with Gasteiger partial charge in [0.25, 0.3) is 5.91 Å². The molecule has 0 saturated heterocycles. The van der Waals surface area contributed by atoms with Crippen molar-refractivity contribution >= 4 is 28.2 Å². The number of esters is 1. The number of anilines is 1. The maximum atomic E-state index is 12.0. The average molecular weight is 270 g/mol. The van der Waals surface area contributed by atoms with Gasteiger partial charge in [-0.25, -0.2) is 4.79 Å². The fourth-order valence-electron chi connectivity index (χ4n) is 1.45. The largest absolute Gasteiger partial charge is 0.456 e. The van der Waals surface area contributed by atoms with E-state index in [0.717, 1.165) is 11.3 Å². The molecule has 100 valence electrons. The maximum Gasteiger partial charge on any atom is 0.341 e. The molecular weight excluding hydrogens is 252 g/mol. The summed E-state index contributed by atoms with van der Waals surface area (Å²) in [7, 11) is 1.53.